The van der Waals surface area contributed by atoms with Crippen molar-refractivity contribution < 1.29 is 19.4 Å². The molecule has 1 amide bonds. The van der Waals surface area contributed by atoms with Crippen molar-refractivity contribution in [2.45, 2.75) is 26.4 Å². The highest BCUT2D eigenvalue weighted by Crippen LogP contribution is 2.15. The van der Waals surface area contributed by atoms with Crippen LogP contribution in [0.2, 0.25) is 0 Å². The average Bonchev–Trinajstić information content (AvgIpc) is 2.46. The molecule has 0 aromatic carbocycles. The van der Waals surface area contributed by atoms with Crippen LogP contribution in [0.1, 0.15) is 31.3 Å². The number of aromatic nitrogens is 2. The first-order valence-corrected chi connectivity index (χ1v) is 7.06. The quantitative estimate of drug-likeness (QED) is 0.877. The monoisotopic (exact) mass is 308 g/mol. The molecular formula is C14H20N4O4. The van der Waals surface area contributed by atoms with Crippen molar-refractivity contribution in [2.75, 3.05) is 31.1 Å². The first kappa shape index (κ1) is 16.0. The number of hydrogen-bond donors (Lipinski definition) is 1. The Morgan fingerprint density at radius 3 is 2.23 bits per heavy atom. The van der Waals surface area contributed by atoms with Crippen LogP contribution in [0.4, 0.5) is 10.6 Å². The molecule has 1 saturated heterocycles. The predicted octanol–water partition coefficient (Wildman–Crippen LogP) is 1.23. The minimum atomic E-state index is -1.10. The number of carbonyl (C=O) groups excluding carboxylic acids is 1. The van der Waals surface area contributed by atoms with Gasteiger partial charge in [-0.25, -0.2) is 9.59 Å². The van der Waals surface area contributed by atoms with E-state index in [1.807, 2.05) is 25.7 Å². The maximum atomic E-state index is 12.0. The lowest BCUT2D eigenvalue weighted by atomic mass is 10.2. The van der Waals surface area contributed by atoms with E-state index in [4.69, 9.17) is 9.84 Å². The van der Waals surface area contributed by atoms with Crippen LogP contribution in [0.5, 0.6) is 0 Å². The Bertz CT molecular complexity index is 545. The first-order chi connectivity index (χ1) is 10.3. The summed E-state index contributed by atoms with van der Waals surface area (Å²) in [6.07, 6.45) is -0.320. The van der Waals surface area contributed by atoms with E-state index in [1.165, 1.54) is 6.07 Å². The normalized spacial score (nSPS) is 15.6. The number of rotatable bonds is 2. The Hall–Kier alpha value is -2.38. The maximum Gasteiger partial charge on any atom is 0.410 e. The van der Waals surface area contributed by atoms with Crippen molar-refractivity contribution in [3.63, 3.8) is 0 Å². The summed E-state index contributed by atoms with van der Waals surface area (Å²) < 4.78 is 5.34. The minimum absolute atomic E-state index is 0.0869. The molecule has 2 rings (SSSR count). The van der Waals surface area contributed by atoms with Crippen LogP contribution < -0.4 is 4.90 Å². The Morgan fingerprint density at radius 1 is 1.14 bits per heavy atom. The fraction of sp³-hybridized carbons (Fsp3) is 0.571. The summed E-state index contributed by atoms with van der Waals surface area (Å²) in [6, 6.07) is 3.05. The molecular weight excluding hydrogens is 288 g/mol. The van der Waals surface area contributed by atoms with Gasteiger partial charge >= 0.3 is 12.1 Å². The van der Waals surface area contributed by atoms with Gasteiger partial charge in [0.1, 0.15) is 5.60 Å². The van der Waals surface area contributed by atoms with Crippen LogP contribution in [0, 0.1) is 0 Å². The van der Waals surface area contributed by atoms with Gasteiger partial charge in [-0.15, -0.1) is 10.2 Å². The molecule has 1 aromatic rings. The van der Waals surface area contributed by atoms with E-state index < -0.39 is 11.6 Å². The largest absolute Gasteiger partial charge is 0.476 e. The molecule has 1 aliphatic rings. The Kier molecular flexibility index (Phi) is 4.48. The Morgan fingerprint density at radius 2 is 1.77 bits per heavy atom. The molecule has 0 bridgehead atoms. The second kappa shape index (κ2) is 6.17. The molecule has 1 aromatic heterocycles. The molecule has 0 spiro atoms. The van der Waals surface area contributed by atoms with Crippen LogP contribution in [-0.2, 0) is 4.74 Å². The summed E-state index contributed by atoms with van der Waals surface area (Å²) in [6.45, 7) is 7.75. The number of ether oxygens (including phenoxy) is 1. The molecule has 0 unspecified atom stereocenters. The number of nitrogens with zero attached hydrogens (tertiary/aromatic N) is 4. The van der Waals surface area contributed by atoms with Crippen molar-refractivity contribution in [1.82, 2.24) is 15.1 Å². The van der Waals surface area contributed by atoms with Crippen LogP contribution in [0.15, 0.2) is 12.1 Å². The maximum absolute atomic E-state index is 12.0. The van der Waals surface area contributed by atoms with E-state index in [9.17, 15) is 9.59 Å². The summed E-state index contributed by atoms with van der Waals surface area (Å²) in [5.74, 6) is -0.498. The summed E-state index contributed by atoms with van der Waals surface area (Å²) in [4.78, 5) is 26.3. The topological polar surface area (TPSA) is 95.9 Å². The van der Waals surface area contributed by atoms with Crippen molar-refractivity contribution >= 4 is 17.9 Å². The van der Waals surface area contributed by atoms with Crippen LogP contribution >= 0.6 is 0 Å². The van der Waals surface area contributed by atoms with Gasteiger partial charge in [-0.05, 0) is 32.9 Å². The summed E-state index contributed by atoms with van der Waals surface area (Å²) in [7, 11) is 0. The average molecular weight is 308 g/mol. The SMILES string of the molecule is CC(C)(C)OC(=O)N1CCN(c2ccc(C(=O)O)nn2)CC1. The Balaban J connectivity index is 1.91. The third-order valence-corrected chi connectivity index (χ3v) is 3.12. The molecule has 0 saturated carbocycles. The summed E-state index contributed by atoms with van der Waals surface area (Å²) in [5, 5.41) is 16.4. The van der Waals surface area contributed by atoms with Gasteiger partial charge in [-0.3, -0.25) is 0 Å². The number of carboxylic acid groups (broad SMARTS) is 1. The first-order valence-electron chi connectivity index (χ1n) is 7.06. The number of hydrogen-bond acceptors (Lipinski definition) is 6. The lowest BCUT2D eigenvalue weighted by molar-refractivity contribution is 0.0240. The molecule has 0 radical (unpaired) electrons. The number of aromatic carboxylic acids is 1. The zero-order chi connectivity index (χ0) is 16.3. The summed E-state index contributed by atoms with van der Waals surface area (Å²) >= 11 is 0. The zero-order valence-corrected chi connectivity index (χ0v) is 12.9. The lowest BCUT2D eigenvalue weighted by Gasteiger charge is -2.35. The molecule has 1 fully saturated rings. The highest BCUT2D eigenvalue weighted by atomic mass is 16.6. The summed E-state index contributed by atoms with van der Waals surface area (Å²) in [5.41, 5.74) is -0.594. The van der Waals surface area contributed by atoms with Gasteiger partial charge in [0.05, 0.1) is 0 Å². The van der Waals surface area contributed by atoms with Gasteiger partial charge in [0, 0.05) is 26.2 Å². The van der Waals surface area contributed by atoms with Crippen molar-refractivity contribution in [2.24, 2.45) is 0 Å². The van der Waals surface area contributed by atoms with E-state index in [-0.39, 0.29) is 11.8 Å². The van der Waals surface area contributed by atoms with Crippen LogP contribution in [0.25, 0.3) is 0 Å². The van der Waals surface area contributed by atoms with E-state index in [1.54, 1.807) is 11.0 Å². The van der Waals surface area contributed by atoms with Gasteiger partial charge < -0.3 is 19.6 Å². The smallest absolute Gasteiger partial charge is 0.410 e. The number of amides is 1. The molecule has 22 heavy (non-hydrogen) atoms. The standard InChI is InChI=1S/C14H20N4O4/c1-14(2,3)22-13(21)18-8-6-17(7-9-18)11-5-4-10(12(19)20)15-16-11/h4-5H,6-9H2,1-3H3,(H,19,20). The van der Waals surface area contributed by atoms with E-state index in [2.05, 4.69) is 10.2 Å². The highest BCUT2D eigenvalue weighted by molar-refractivity contribution is 5.85. The molecule has 8 heteroatoms. The van der Waals surface area contributed by atoms with E-state index in [0.717, 1.165) is 0 Å². The lowest BCUT2D eigenvalue weighted by Crippen LogP contribution is -2.50. The number of piperazine rings is 1. The minimum Gasteiger partial charge on any atom is -0.476 e. The Labute approximate surface area is 128 Å². The molecule has 1 N–H and O–H groups in total. The highest BCUT2D eigenvalue weighted by Gasteiger charge is 2.26. The van der Waals surface area contributed by atoms with Gasteiger partial charge in [-0.1, -0.05) is 0 Å². The van der Waals surface area contributed by atoms with E-state index >= 15 is 0 Å². The van der Waals surface area contributed by atoms with Crippen molar-refractivity contribution in [1.29, 1.82) is 0 Å². The van der Waals surface area contributed by atoms with Crippen LogP contribution in [-0.4, -0.2) is 64.0 Å². The third-order valence-electron chi connectivity index (χ3n) is 3.12. The predicted molar refractivity (Wildman–Crippen MR) is 79.0 cm³/mol. The molecule has 0 atom stereocenters. The van der Waals surface area contributed by atoms with Crippen molar-refractivity contribution in [3.05, 3.63) is 17.8 Å². The molecule has 1 aliphatic heterocycles. The molecule has 120 valence electrons. The number of carbonyl (C=O) groups is 2. The third kappa shape index (κ3) is 4.06. The van der Waals surface area contributed by atoms with Gasteiger partial charge in [0.25, 0.3) is 0 Å². The molecule has 8 nitrogen and oxygen atoms in total. The van der Waals surface area contributed by atoms with E-state index in [0.29, 0.717) is 32.0 Å². The van der Waals surface area contributed by atoms with Gasteiger partial charge in [0.15, 0.2) is 11.5 Å². The molecule has 2 heterocycles. The fourth-order valence-corrected chi connectivity index (χ4v) is 2.05. The second-order valence-electron chi connectivity index (χ2n) is 6.04. The fourth-order valence-electron chi connectivity index (χ4n) is 2.05. The zero-order valence-electron chi connectivity index (χ0n) is 12.9. The number of anilines is 1. The number of carboxylic acids is 1. The van der Waals surface area contributed by atoms with Gasteiger partial charge in [0.2, 0.25) is 0 Å². The van der Waals surface area contributed by atoms with Crippen LogP contribution in [0.3, 0.4) is 0 Å². The van der Waals surface area contributed by atoms with Crippen molar-refractivity contribution in [3.8, 4) is 0 Å². The second-order valence-corrected chi connectivity index (χ2v) is 6.04. The molecule has 0 aliphatic carbocycles. The van der Waals surface area contributed by atoms with Gasteiger partial charge in [-0.2, -0.15) is 0 Å².